The van der Waals surface area contributed by atoms with Gasteiger partial charge in [0.15, 0.2) is 0 Å². The lowest BCUT2D eigenvalue weighted by molar-refractivity contribution is -0.0823. The van der Waals surface area contributed by atoms with E-state index < -0.39 is 0 Å². The smallest absolute Gasteiger partial charge is 0.0842 e. The van der Waals surface area contributed by atoms with Gasteiger partial charge in [-0.15, -0.1) is 0 Å². The van der Waals surface area contributed by atoms with E-state index in [-0.39, 0.29) is 22.3 Å². The molecule has 4 aliphatic carbocycles. The number of nitrogens with one attached hydrogen (secondary N) is 1. The Balaban J connectivity index is 1.22. The molecule has 7 rings (SSSR count). The van der Waals surface area contributed by atoms with E-state index in [1.165, 1.54) is 42.7 Å². The molecule has 3 atom stereocenters. The lowest BCUT2D eigenvalue weighted by Gasteiger charge is -2.66. The van der Waals surface area contributed by atoms with E-state index in [9.17, 15) is 0 Å². The van der Waals surface area contributed by atoms with E-state index in [2.05, 4.69) is 84.1 Å². The third-order valence-corrected chi connectivity index (χ3v) is 12.0. The maximum Gasteiger partial charge on any atom is 0.0842 e. The molecule has 4 saturated carbocycles. The van der Waals surface area contributed by atoms with Crippen LogP contribution in [0.3, 0.4) is 0 Å². The molecule has 5 heteroatoms. The highest BCUT2D eigenvalue weighted by Crippen LogP contribution is 2.68. The molecule has 37 heavy (non-hydrogen) atoms. The highest BCUT2D eigenvalue weighted by atomic mass is 32.2. The van der Waals surface area contributed by atoms with E-state index in [0.29, 0.717) is 0 Å². The molecule has 5 aliphatic rings. The van der Waals surface area contributed by atoms with Gasteiger partial charge in [-0.25, -0.2) is 0 Å². The first-order valence-electron chi connectivity index (χ1n) is 14.3. The number of nitrogens with zero attached hydrogens (tertiary/aromatic N) is 1. The Morgan fingerprint density at radius 3 is 2.30 bits per heavy atom. The Hall–Kier alpha value is -1.40. The highest BCUT2D eigenvalue weighted by molar-refractivity contribution is 7.96. The van der Waals surface area contributed by atoms with Gasteiger partial charge < -0.3 is 10.6 Å². The second-order valence-corrected chi connectivity index (χ2v) is 14.6. The first kappa shape index (κ1) is 25.9. The highest BCUT2D eigenvalue weighted by Gasteiger charge is 2.63. The van der Waals surface area contributed by atoms with Gasteiger partial charge in [-0.05, 0) is 78.2 Å². The van der Waals surface area contributed by atoms with Crippen molar-refractivity contribution in [2.45, 2.75) is 69.6 Å². The van der Waals surface area contributed by atoms with Gasteiger partial charge in [0.2, 0.25) is 0 Å². The Labute approximate surface area is 233 Å². The number of likely N-dealkylation sites (tertiary alicyclic amines) is 1. The Bertz CT molecular complexity index is 1090. The molecule has 0 aromatic heterocycles. The fourth-order valence-electron chi connectivity index (χ4n) is 8.70. The standard InChI is InChI=1S/C32H43N3S2/c1-30(2)22-35(14-13-28(30)33)29(36)32-17-24-15-31(21-32,26-11-7-4-8-12-26)16-25(18-32)27(24)19-34-37-20-23-9-5-3-6-10-23/h3-12,24-25,27-28,34H,13-22,33H2,1-2H3/t24?,25?,27?,28-,31?,32?/m0/s1. The molecule has 1 heterocycles. The summed E-state index contributed by atoms with van der Waals surface area (Å²) in [6.07, 6.45) is 7.48. The number of piperidine rings is 1. The van der Waals surface area contributed by atoms with Crippen molar-refractivity contribution in [3.8, 4) is 0 Å². The van der Waals surface area contributed by atoms with E-state index >= 15 is 0 Å². The molecule has 0 amide bonds. The second kappa shape index (κ2) is 9.97. The Morgan fingerprint density at radius 2 is 1.65 bits per heavy atom. The fourth-order valence-corrected chi connectivity index (χ4v) is 9.87. The van der Waals surface area contributed by atoms with Gasteiger partial charge >= 0.3 is 0 Å². The summed E-state index contributed by atoms with van der Waals surface area (Å²) in [4.78, 5) is 3.85. The Kier molecular flexibility index (Phi) is 6.97. The zero-order chi connectivity index (χ0) is 25.7. The van der Waals surface area contributed by atoms with Crippen LogP contribution in [0.2, 0.25) is 0 Å². The summed E-state index contributed by atoms with van der Waals surface area (Å²) in [5.74, 6) is 3.26. The molecular formula is C32H43N3S2. The number of hydrogen-bond acceptors (Lipinski definition) is 4. The van der Waals surface area contributed by atoms with Gasteiger partial charge in [0.05, 0.1) is 4.99 Å². The van der Waals surface area contributed by atoms with Gasteiger partial charge in [-0.2, -0.15) is 0 Å². The molecule has 198 valence electrons. The summed E-state index contributed by atoms with van der Waals surface area (Å²) in [7, 11) is 0. The molecule has 1 saturated heterocycles. The molecular weight excluding hydrogens is 491 g/mol. The largest absolute Gasteiger partial charge is 0.365 e. The van der Waals surface area contributed by atoms with Crippen molar-refractivity contribution in [1.82, 2.24) is 9.62 Å². The van der Waals surface area contributed by atoms with Crippen molar-refractivity contribution < 1.29 is 0 Å². The van der Waals surface area contributed by atoms with Crippen LogP contribution >= 0.6 is 24.2 Å². The van der Waals surface area contributed by atoms with E-state index in [1.807, 2.05) is 11.9 Å². The third kappa shape index (κ3) is 4.79. The third-order valence-electron chi connectivity index (χ3n) is 10.4. The van der Waals surface area contributed by atoms with Crippen LogP contribution in [0.4, 0.5) is 0 Å². The number of nitrogens with two attached hydrogens (primary N) is 1. The predicted octanol–water partition coefficient (Wildman–Crippen LogP) is 6.58. The minimum absolute atomic E-state index is 0.115. The molecule has 3 N–H and O–H groups in total. The molecule has 2 unspecified atom stereocenters. The zero-order valence-corrected chi connectivity index (χ0v) is 24.1. The average molecular weight is 534 g/mol. The molecule has 4 bridgehead atoms. The van der Waals surface area contributed by atoms with Crippen LogP contribution in [-0.4, -0.2) is 35.6 Å². The lowest BCUT2D eigenvalue weighted by Crippen LogP contribution is -2.64. The molecule has 0 spiro atoms. The summed E-state index contributed by atoms with van der Waals surface area (Å²) in [6.45, 7) is 7.80. The van der Waals surface area contributed by atoms with E-state index in [4.69, 9.17) is 18.0 Å². The normalized spacial score (nSPS) is 36.0. The van der Waals surface area contributed by atoms with Crippen LogP contribution in [-0.2, 0) is 11.2 Å². The fraction of sp³-hybridized carbons (Fsp3) is 0.594. The van der Waals surface area contributed by atoms with Crippen molar-refractivity contribution in [3.05, 3.63) is 71.8 Å². The Morgan fingerprint density at radius 1 is 1.00 bits per heavy atom. The van der Waals surface area contributed by atoms with Crippen LogP contribution in [0.25, 0.3) is 0 Å². The predicted molar refractivity (Wildman–Crippen MR) is 160 cm³/mol. The van der Waals surface area contributed by atoms with Gasteiger partial charge in [-0.1, -0.05) is 98.7 Å². The summed E-state index contributed by atoms with van der Waals surface area (Å²) >= 11 is 8.35. The van der Waals surface area contributed by atoms with Crippen molar-refractivity contribution in [2.24, 2.45) is 34.3 Å². The summed E-state index contributed by atoms with van der Waals surface area (Å²) in [5, 5.41) is 0. The number of thiocarbonyl (C=S) groups is 1. The van der Waals surface area contributed by atoms with Gasteiger partial charge in [0, 0.05) is 36.8 Å². The number of hydrogen-bond donors (Lipinski definition) is 2. The SMILES string of the molecule is CC1(C)CN(C(=S)C23CC4CC(c5ccccc5)(CC(C2)C4CNSCc2ccccc2)C3)CC[C@@H]1N. The quantitative estimate of drug-likeness (QED) is 0.239. The second-order valence-electron chi connectivity index (χ2n) is 13.3. The molecule has 1 aliphatic heterocycles. The maximum atomic E-state index is 6.51. The first-order chi connectivity index (χ1) is 17.8. The maximum absolute atomic E-state index is 6.51. The van der Waals surface area contributed by atoms with Gasteiger partial charge in [0.25, 0.3) is 0 Å². The van der Waals surface area contributed by atoms with Gasteiger partial charge in [-0.3, -0.25) is 4.72 Å². The molecule has 0 radical (unpaired) electrons. The van der Waals surface area contributed by atoms with Crippen molar-refractivity contribution in [3.63, 3.8) is 0 Å². The zero-order valence-electron chi connectivity index (χ0n) is 22.5. The van der Waals surface area contributed by atoms with Crippen LogP contribution in [0.1, 0.15) is 63.5 Å². The minimum Gasteiger partial charge on any atom is -0.365 e. The van der Waals surface area contributed by atoms with Crippen molar-refractivity contribution >= 4 is 29.2 Å². The average Bonchev–Trinajstić information content (AvgIpc) is 2.90. The minimum atomic E-state index is 0.115. The lowest BCUT2D eigenvalue weighted by atomic mass is 9.40. The summed E-state index contributed by atoms with van der Waals surface area (Å²) in [5.41, 5.74) is 10.0. The molecule has 3 nitrogen and oxygen atoms in total. The summed E-state index contributed by atoms with van der Waals surface area (Å²) < 4.78 is 3.79. The number of benzene rings is 2. The monoisotopic (exact) mass is 533 g/mol. The van der Waals surface area contributed by atoms with E-state index in [0.717, 1.165) is 49.6 Å². The van der Waals surface area contributed by atoms with E-state index in [1.54, 1.807) is 5.56 Å². The topological polar surface area (TPSA) is 41.3 Å². The number of rotatable bonds is 7. The van der Waals surface area contributed by atoms with Crippen molar-refractivity contribution in [2.75, 3.05) is 19.6 Å². The molecule has 5 fully saturated rings. The van der Waals surface area contributed by atoms with Crippen LogP contribution < -0.4 is 10.5 Å². The van der Waals surface area contributed by atoms with Crippen LogP contribution in [0, 0.1) is 28.6 Å². The van der Waals surface area contributed by atoms with Crippen LogP contribution in [0.5, 0.6) is 0 Å². The summed E-state index contributed by atoms with van der Waals surface area (Å²) in [6, 6.07) is 22.5. The van der Waals surface area contributed by atoms with Gasteiger partial charge in [0.1, 0.15) is 0 Å². The molecule has 2 aromatic rings. The molecule has 2 aromatic carbocycles. The van der Waals surface area contributed by atoms with Crippen molar-refractivity contribution in [1.29, 1.82) is 0 Å². The van der Waals surface area contributed by atoms with Crippen LogP contribution in [0.15, 0.2) is 60.7 Å². The first-order valence-corrected chi connectivity index (χ1v) is 15.7.